The first-order chi connectivity index (χ1) is 9.26. The van der Waals surface area contributed by atoms with Gasteiger partial charge in [0, 0.05) is 18.2 Å². The van der Waals surface area contributed by atoms with Crippen LogP contribution in [0.4, 0.5) is 4.39 Å². The molecule has 19 heavy (non-hydrogen) atoms. The van der Waals surface area contributed by atoms with E-state index in [1.807, 2.05) is 0 Å². The second-order valence-corrected chi connectivity index (χ2v) is 4.18. The molecule has 0 aliphatic heterocycles. The van der Waals surface area contributed by atoms with Gasteiger partial charge in [0.1, 0.15) is 12.1 Å². The van der Waals surface area contributed by atoms with Crippen molar-refractivity contribution < 1.29 is 9.18 Å². The zero-order valence-electron chi connectivity index (χ0n) is 9.95. The Morgan fingerprint density at radius 1 is 1.26 bits per heavy atom. The summed E-state index contributed by atoms with van der Waals surface area (Å²) in [6, 6.07) is 9.84. The molecule has 94 valence electrons. The second kappa shape index (κ2) is 4.61. The van der Waals surface area contributed by atoms with Crippen molar-refractivity contribution >= 4 is 11.9 Å². The van der Waals surface area contributed by atoms with Crippen LogP contribution in [0, 0.1) is 5.82 Å². The third-order valence-electron chi connectivity index (χ3n) is 2.85. The summed E-state index contributed by atoms with van der Waals surface area (Å²) in [4.78, 5) is 15.0. The molecule has 0 aliphatic carbocycles. The lowest BCUT2D eigenvalue weighted by atomic mass is 10.1. The maximum atomic E-state index is 13.5. The molecule has 4 nitrogen and oxygen atoms in total. The molecule has 3 aromatic rings. The minimum absolute atomic E-state index is 0.269. The highest BCUT2D eigenvalue weighted by molar-refractivity contribution is 5.76. The molecule has 0 saturated carbocycles. The number of aromatic nitrogens is 3. The first-order valence-electron chi connectivity index (χ1n) is 5.80. The number of nitrogens with zero attached hydrogens (tertiary/aromatic N) is 3. The number of carbonyl (C=O) groups excluding carboxylic acids is 1. The number of rotatable bonds is 3. The Labute approximate surface area is 108 Å². The Morgan fingerprint density at radius 2 is 2.11 bits per heavy atom. The van der Waals surface area contributed by atoms with Crippen molar-refractivity contribution in [2.75, 3.05) is 0 Å². The minimum atomic E-state index is -0.269. The SMILES string of the molecule is O=Cc1ccn2nc(Cc3ccccc3F)nc2c1. The maximum absolute atomic E-state index is 13.5. The number of pyridine rings is 1. The van der Waals surface area contributed by atoms with Crippen molar-refractivity contribution in [3.63, 3.8) is 0 Å². The van der Waals surface area contributed by atoms with E-state index in [1.54, 1.807) is 41.0 Å². The Kier molecular flexibility index (Phi) is 2.79. The van der Waals surface area contributed by atoms with Crippen LogP contribution >= 0.6 is 0 Å². The first-order valence-corrected chi connectivity index (χ1v) is 5.80. The van der Waals surface area contributed by atoms with Gasteiger partial charge in [-0.2, -0.15) is 5.10 Å². The van der Waals surface area contributed by atoms with Gasteiger partial charge in [-0.3, -0.25) is 4.79 Å². The maximum Gasteiger partial charge on any atom is 0.156 e. The van der Waals surface area contributed by atoms with Crippen molar-refractivity contribution in [3.05, 3.63) is 65.4 Å². The van der Waals surface area contributed by atoms with Gasteiger partial charge in [-0.05, 0) is 23.8 Å². The monoisotopic (exact) mass is 255 g/mol. The number of fused-ring (bicyclic) bond motifs is 1. The molecular formula is C14H10FN3O. The van der Waals surface area contributed by atoms with Crippen molar-refractivity contribution in [2.45, 2.75) is 6.42 Å². The summed E-state index contributed by atoms with van der Waals surface area (Å²) in [5.74, 6) is 0.253. The third-order valence-corrected chi connectivity index (χ3v) is 2.85. The van der Waals surface area contributed by atoms with Gasteiger partial charge in [0.2, 0.25) is 0 Å². The van der Waals surface area contributed by atoms with E-state index in [4.69, 9.17) is 0 Å². The molecule has 5 heteroatoms. The molecule has 2 aromatic heterocycles. The van der Waals surface area contributed by atoms with E-state index in [2.05, 4.69) is 10.1 Å². The highest BCUT2D eigenvalue weighted by atomic mass is 19.1. The molecule has 1 aromatic carbocycles. The topological polar surface area (TPSA) is 47.3 Å². The fraction of sp³-hybridized carbons (Fsp3) is 0.0714. The van der Waals surface area contributed by atoms with E-state index in [-0.39, 0.29) is 5.82 Å². The van der Waals surface area contributed by atoms with Crippen LogP contribution in [0.5, 0.6) is 0 Å². The molecule has 2 heterocycles. The number of hydrogen-bond donors (Lipinski definition) is 0. The van der Waals surface area contributed by atoms with E-state index in [0.717, 1.165) is 6.29 Å². The van der Waals surface area contributed by atoms with E-state index in [0.29, 0.717) is 29.0 Å². The molecule has 0 saturated heterocycles. The minimum Gasteiger partial charge on any atom is -0.298 e. The third kappa shape index (κ3) is 2.22. The molecule has 0 unspecified atom stereocenters. The molecule has 0 amide bonds. The number of benzene rings is 1. The Bertz CT molecular complexity index is 751. The zero-order chi connectivity index (χ0) is 13.2. The number of hydrogen-bond acceptors (Lipinski definition) is 3. The summed E-state index contributed by atoms with van der Waals surface area (Å²) in [6.07, 6.45) is 2.74. The fourth-order valence-electron chi connectivity index (χ4n) is 1.90. The molecule has 0 fully saturated rings. The second-order valence-electron chi connectivity index (χ2n) is 4.18. The molecule has 0 radical (unpaired) electrons. The Balaban J connectivity index is 1.98. The number of carbonyl (C=O) groups is 1. The normalized spacial score (nSPS) is 10.8. The molecule has 3 rings (SSSR count). The van der Waals surface area contributed by atoms with Crippen LogP contribution in [0.3, 0.4) is 0 Å². The highest BCUT2D eigenvalue weighted by Crippen LogP contribution is 2.12. The highest BCUT2D eigenvalue weighted by Gasteiger charge is 2.08. The Hall–Kier alpha value is -2.56. The van der Waals surface area contributed by atoms with E-state index < -0.39 is 0 Å². The van der Waals surface area contributed by atoms with E-state index >= 15 is 0 Å². The predicted octanol–water partition coefficient (Wildman–Crippen LogP) is 2.27. The van der Waals surface area contributed by atoms with Crippen LogP contribution in [0.1, 0.15) is 21.7 Å². The summed E-state index contributed by atoms with van der Waals surface area (Å²) < 4.78 is 15.1. The lowest BCUT2D eigenvalue weighted by Gasteiger charge is -1.97. The smallest absolute Gasteiger partial charge is 0.156 e. The van der Waals surface area contributed by atoms with Crippen molar-refractivity contribution in [1.29, 1.82) is 0 Å². The van der Waals surface area contributed by atoms with Crippen molar-refractivity contribution in [1.82, 2.24) is 14.6 Å². The molecular weight excluding hydrogens is 245 g/mol. The van der Waals surface area contributed by atoms with Gasteiger partial charge in [-0.1, -0.05) is 18.2 Å². The molecule has 0 bridgehead atoms. The average molecular weight is 255 g/mol. The number of halogens is 1. The van der Waals surface area contributed by atoms with E-state index in [9.17, 15) is 9.18 Å². The Morgan fingerprint density at radius 3 is 2.89 bits per heavy atom. The van der Waals surface area contributed by atoms with Gasteiger partial charge in [0.25, 0.3) is 0 Å². The molecule has 0 atom stereocenters. The van der Waals surface area contributed by atoms with Gasteiger partial charge in [0.15, 0.2) is 11.5 Å². The fourth-order valence-corrected chi connectivity index (χ4v) is 1.90. The van der Waals surface area contributed by atoms with Crippen LogP contribution in [0.25, 0.3) is 5.65 Å². The van der Waals surface area contributed by atoms with Crippen LogP contribution in [-0.2, 0) is 6.42 Å². The lowest BCUT2D eigenvalue weighted by Crippen LogP contribution is -1.95. The van der Waals surface area contributed by atoms with Gasteiger partial charge in [0.05, 0.1) is 0 Å². The van der Waals surface area contributed by atoms with Crippen LogP contribution in [0.15, 0.2) is 42.6 Å². The van der Waals surface area contributed by atoms with Crippen LogP contribution in [-0.4, -0.2) is 20.9 Å². The van der Waals surface area contributed by atoms with Gasteiger partial charge in [-0.15, -0.1) is 0 Å². The van der Waals surface area contributed by atoms with E-state index in [1.165, 1.54) is 6.07 Å². The summed E-state index contributed by atoms with van der Waals surface area (Å²) in [6.45, 7) is 0. The molecule has 0 aliphatic rings. The van der Waals surface area contributed by atoms with Gasteiger partial charge >= 0.3 is 0 Å². The van der Waals surface area contributed by atoms with Crippen molar-refractivity contribution in [3.8, 4) is 0 Å². The van der Waals surface area contributed by atoms with Crippen LogP contribution in [0.2, 0.25) is 0 Å². The summed E-state index contributed by atoms with van der Waals surface area (Å²) in [5, 5.41) is 4.25. The zero-order valence-corrected chi connectivity index (χ0v) is 9.95. The standard InChI is InChI=1S/C14H10FN3O/c15-12-4-2-1-3-11(12)8-13-16-14-7-10(9-19)5-6-18(14)17-13/h1-7,9H,8H2. The first kappa shape index (κ1) is 11.5. The molecule has 0 spiro atoms. The summed E-state index contributed by atoms with van der Waals surface area (Å²) in [7, 11) is 0. The predicted molar refractivity (Wildman–Crippen MR) is 67.6 cm³/mol. The molecule has 0 N–H and O–H groups in total. The lowest BCUT2D eigenvalue weighted by molar-refractivity contribution is 0.112. The summed E-state index contributed by atoms with van der Waals surface area (Å²) in [5.41, 5.74) is 1.67. The largest absolute Gasteiger partial charge is 0.298 e. The summed E-state index contributed by atoms with van der Waals surface area (Å²) >= 11 is 0. The van der Waals surface area contributed by atoms with Gasteiger partial charge < -0.3 is 0 Å². The van der Waals surface area contributed by atoms with Crippen LogP contribution < -0.4 is 0 Å². The van der Waals surface area contributed by atoms with Gasteiger partial charge in [-0.25, -0.2) is 13.9 Å². The average Bonchev–Trinajstić information content (AvgIpc) is 2.82. The van der Waals surface area contributed by atoms with Crippen molar-refractivity contribution in [2.24, 2.45) is 0 Å². The quantitative estimate of drug-likeness (QED) is 0.674. The number of aldehydes is 1.